The molecule has 0 aliphatic heterocycles. The molecule has 2 aromatic carbocycles. The lowest BCUT2D eigenvalue weighted by atomic mass is 10.0. The molecule has 2 heterocycles. The third-order valence-corrected chi connectivity index (χ3v) is 8.57. The average Bonchev–Trinajstić information content (AvgIpc) is 2.93. The number of sulfone groups is 1. The number of benzene rings is 2. The van der Waals surface area contributed by atoms with E-state index in [2.05, 4.69) is 9.97 Å². The van der Waals surface area contributed by atoms with Crippen LogP contribution in [0.15, 0.2) is 75.5 Å². The van der Waals surface area contributed by atoms with Crippen LogP contribution in [-0.2, 0) is 16.3 Å². The lowest BCUT2D eigenvalue weighted by molar-refractivity contribution is 0.358. The average molecular weight is 561 g/mol. The van der Waals surface area contributed by atoms with Crippen LogP contribution in [0.3, 0.4) is 0 Å². The predicted octanol–water partition coefficient (Wildman–Crippen LogP) is 5.50. The number of nitriles is 1. The molecule has 4 aromatic rings. The van der Waals surface area contributed by atoms with Gasteiger partial charge >= 0.3 is 0 Å². The fourth-order valence-electron chi connectivity index (χ4n) is 4.79. The largest absolute Gasteiger partial charge is 0.493 e. The van der Waals surface area contributed by atoms with Crippen molar-refractivity contribution >= 4 is 9.84 Å². The normalized spacial score (nSPS) is 12.2. The second-order valence-corrected chi connectivity index (χ2v) is 11.4. The molecule has 4 rings (SSSR count). The van der Waals surface area contributed by atoms with Crippen LogP contribution in [-0.4, -0.2) is 28.1 Å². The van der Waals surface area contributed by atoms with Crippen LogP contribution in [0, 0.1) is 24.1 Å². The number of pyridine rings is 1. The van der Waals surface area contributed by atoms with Gasteiger partial charge in [0.2, 0.25) is 15.7 Å². The van der Waals surface area contributed by atoms with Crippen LogP contribution >= 0.6 is 0 Å². The van der Waals surface area contributed by atoms with E-state index in [1.807, 2.05) is 26.0 Å². The SMILES string of the molecule is CCCCc1nc(=O)c(S(=O)(=O)c2ccc(-c3ccncc3C)cc2)c(O)n1C(CC)c1cc(F)cc(C#N)c1. The van der Waals surface area contributed by atoms with Gasteiger partial charge < -0.3 is 5.11 Å². The van der Waals surface area contributed by atoms with E-state index >= 15 is 0 Å². The molecule has 0 aliphatic rings. The monoisotopic (exact) mass is 560 g/mol. The lowest BCUT2D eigenvalue weighted by Crippen LogP contribution is -2.27. The van der Waals surface area contributed by atoms with E-state index < -0.39 is 38.0 Å². The third kappa shape index (κ3) is 5.51. The number of halogens is 1. The molecule has 0 saturated heterocycles. The summed E-state index contributed by atoms with van der Waals surface area (Å²) in [5, 5.41) is 20.8. The van der Waals surface area contributed by atoms with Crippen LogP contribution < -0.4 is 5.56 Å². The number of unbranched alkanes of at least 4 members (excludes halogenated alkanes) is 1. The fourth-order valence-corrected chi connectivity index (χ4v) is 6.13. The lowest BCUT2D eigenvalue weighted by Gasteiger charge is -2.25. The minimum Gasteiger partial charge on any atom is -0.493 e. The van der Waals surface area contributed by atoms with Crippen molar-refractivity contribution in [3.63, 3.8) is 0 Å². The number of aryl methyl sites for hydroxylation is 2. The first kappa shape index (κ1) is 28.6. The van der Waals surface area contributed by atoms with Gasteiger partial charge in [0.15, 0.2) is 4.90 Å². The van der Waals surface area contributed by atoms with E-state index in [9.17, 15) is 28.0 Å². The van der Waals surface area contributed by atoms with E-state index in [-0.39, 0.29) is 22.7 Å². The molecule has 0 radical (unpaired) electrons. The van der Waals surface area contributed by atoms with Gasteiger partial charge in [-0.1, -0.05) is 32.4 Å². The maximum absolute atomic E-state index is 14.4. The molecule has 1 unspecified atom stereocenters. The number of hydrogen-bond donors (Lipinski definition) is 1. The van der Waals surface area contributed by atoms with Crippen molar-refractivity contribution in [2.24, 2.45) is 0 Å². The Morgan fingerprint density at radius 3 is 2.48 bits per heavy atom. The number of rotatable bonds is 9. The summed E-state index contributed by atoms with van der Waals surface area (Å²) in [6, 6.07) is 12.7. The van der Waals surface area contributed by atoms with Crippen LogP contribution in [0.4, 0.5) is 4.39 Å². The summed E-state index contributed by atoms with van der Waals surface area (Å²) in [6.45, 7) is 5.61. The smallest absolute Gasteiger partial charge is 0.296 e. The molecule has 1 N–H and O–H groups in total. The second kappa shape index (κ2) is 11.8. The Morgan fingerprint density at radius 1 is 1.12 bits per heavy atom. The first-order valence-corrected chi connectivity index (χ1v) is 14.4. The van der Waals surface area contributed by atoms with Crippen molar-refractivity contribution in [1.82, 2.24) is 14.5 Å². The molecule has 0 amide bonds. The highest BCUT2D eigenvalue weighted by molar-refractivity contribution is 7.91. The van der Waals surface area contributed by atoms with Crippen LogP contribution in [0.25, 0.3) is 11.1 Å². The van der Waals surface area contributed by atoms with Gasteiger partial charge in [-0.2, -0.15) is 10.2 Å². The van der Waals surface area contributed by atoms with Gasteiger partial charge in [-0.3, -0.25) is 14.3 Å². The van der Waals surface area contributed by atoms with Gasteiger partial charge in [-0.05, 0) is 78.4 Å². The number of nitrogens with zero attached hydrogens (tertiary/aromatic N) is 4. The van der Waals surface area contributed by atoms with Gasteiger partial charge in [0.05, 0.1) is 22.6 Å². The topological polar surface area (TPSA) is 126 Å². The van der Waals surface area contributed by atoms with Crippen molar-refractivity contribution in [1.29, 1.82) is 5.26 Å². The third-order valence-electron chi connectivity index (χ3n) is 6.79. The first-order valence-electron chi connectivity index (χ1n) is 12.9. The van der Waals surface area contributed by atoms with Gasteiger partial charge in [-0.15, -0.1) is 0 Å². The van der Waals surface area contributed by atoms with Crippen LogP contribution in [0.2, 0.25) is 0 Å². The van der Waals surface area contributed by atoms with E-state index in [0.29, 0.717) is 18.4 Å². The van der Waals surface area contributed by atoms with E-state index in [1.54, 1.807) is 31.5 Å². The molecule has 206 valence electrons. The van der Waals surface area contributed by atoms with Gasteiger partial charge in [-0.25, -0.2) is 12.8 Å². The van der Waals surface area contributed by atoms with Crippen LogP contribution in [0.1, 0.15) is 61.7 Å². The Kier molecular flexibility index (Phi) is 8.45. The number of aromatic nitrogens is 3. The summed E-state index contributed by atoms with van der Waals surface area (Å²) < 4.78 is 43.2. The second-order valence-electron chi connectivity index (χ2n) is 9.49. The zero-order chi connectivity index (χ0) is 29.0. The van der Waals surface area contributed by atoms with Crippen LogP contribution in [0.5, 0.6) is 5.88 Å². The highest BCUT2D eigenvalue weighted by Crippen LogP contribution is 2.34. The summed E-state index contributed by atoms with van der Waals surface area (Å²) in [5.41, 5.74) is 1.91. The number of aromatic hydroxyl groups is 1. The molecule has 2 aromatic heterocycles. The molecule has 10 heteroatoms. The maximum atomic E-state index is 14.4. The Morgan fingerprint density at radius 2 is 1.85 bits per heavy atom. The Labute approximate surface area is 232 Å². The van der Waals surface area contributed by atoms with E-state index in [4.69, 9.17) is 0 Å². The fraction of sp³-hybridized carbons (Fsp3) is 0.267. The van der Waals surface area contributed by atoms with Crippen molar-refractivity contribution in [2.75, 3.05) is 0 Å². The summed E-state index contributed by atoms with van der Waals surface area (Å²) in [7, 11) is -4.50. The zero-order valence-electron chi connectivity index (χ0n) is 22.4. The molecule has 0 bridgehead atoms. The zero-order valence-corrected chi connectivity index (χ0v) is 23.2. The molecule has 0 fully saturated rings. The molecule has 0 aliphatic carbocycles. The standard InChI is InChI=1S/C30H29FN4O4S/c1-4-6-7-27-34-29(36)28(30(37)35(27)26(5-2)22-14-20(17-32)15-23(31)16-22)40(38,39)24-10-8-21(9-11-24)25-12-13-33-18-19(25)3/h8-16,18,26,37H,4-7H2,1-3H3. The molecule has 0 saturated carbocycles. The molecular weight excluding hydrogens is 531 g/mol. The minimum absolute atomic E-state index is 0.0782. The molecule has 40 heavy (non-hydrogen) atoms. The highest BCUT2D eigenvalue weighted by Gasteiger charge is 2.32. The first-order chi connectivity index (χ1) is 19.1. The van der Waals surface area contributed by atoms with Gasteiger partial charge in [0.1, 0.15) is 11.6 Å². The Bertz CT molecular complexity index is 1760. The van der Waals surface area contributed by atoms with Gasteiger partial charge in [0.25, 0.3) is 5.56 Å². The number of hydrogen-bond acceptors (Lipinski definition) is 7. The molecular formula is C30H29FN4O4S. The molecule has 1 atom stereocenters. The highest BCUT2D eigenvalue weighted by atomic mass is 32.2. The van der Waals surface area contributed by atoms with Gasteiger partial charge in [0, 0.05) is 18.8 Å². The molecule has 0 spiro atoms. The van der Waals surface area contributed by atoms with E-state index in [1.165, 1.54) is 28.8 Å². The van der Waals surface area contributed by atoms with Crippen molar-refractivity contribution in [2.45, 2.75) is 62.3 Å². The van der Waals surface area contributed by atoms with Crippen molar-refractivity contribution < 1.29 is 17.9 Å². The maximum Gasteiger partial charge on any atom is 0.296 e. The Hall–Kier alpha value is -4.36. The Balaban J connectivity index is 1.90. The summed E-state index contributed by atoms with van der Waals surface area (Å²) in [6.07, 6.45) is 5.31. The van der Waals surface area contributed by atoms with Crippen molar-refractivity contribution in [3.05, 3.63) is 99.6 Å². The van der Waals surface area contributed by atoms with E-state index in [0.717, 1.165) is 29.2 Å². The summed E-state index contributed by atoms with van der Waals surface area (Å²) in [4.78, 5) is 20.3. The summed E-state index contributed by atoms with van der Waals surface area (Å²) >= 11 is 0. The molecule has 8 nitrogen and oxygen atoms in total. The summed E-state index contributed by atoms with van der Waals surface area (Å²) in [5.74, 6) is -1.23. The minimum atomic E-state index is -4.50. The predicted molar refractivity (Wildman–Crippen MR) is 148 cm³/mol. The van der Waals surface area contributed by atoms with Crippen molar-refractivity contribution in [3.8, 4) is 23.1 Å². The quantitative estimate of drug-likeness (QED) is 0.286.